The molecule has 2 rings (SSSR count). The van der Waals surface area contributed by atoms with Crippen molar-refractivity contribution in [1.82, 2.24) is 10.2 Å². The zero-order valence-electron chi connectivity index (χ0n) is 10.5. The van der Waals surface area contributed by atoms with E-state index in [-0.39, 0.29) is 6.04 Å². The number of nitrogens with one attached hydrogen (secondary N) is 1. The lowest BCUT2D eigenvalue weighted by atomic mass is 10.0. The van der Waals surface area contributed by atoms with Crippen molar-refractivity contribution in [3.8, 4) is 0 Å². The minimum Gasteiger partial charge on any atom is -0.480 e. The van der Waals surface area contributed by atoms with Gasteiger partial charge < -0.3 is 20.4 Å². The lowest BCUT2D eigenvalue weighted by Crippen LogP contribution is -2.51. The summed E-state index contributed by atoms with van der Waals surface area (Å²) in [6, 6.07) is 0.197. The molecule has 2 amide bonds. The van der Waals surface area contributed by atoms with Gasteiger partial charge in [0.15, 0.2) is 6.04 Å². The molecule has 2 unspecified atom stereocenters. The molecule has 0 saturated carbocycles. The average molecular weight is 284 g/mol. The standard InChI is InChI=1S/C12H16N2O4S/c1-7-8-3-5-19-10(8)2-4-14(7)12(18)13-9(6-15)11(16)17/h3,5,7,9,15H,2,4,6H2,1H3,(H,13,18)(H,16,17). The highest BCUT2D eigenvalue weighted by Crippen LogP contribution is 2.32. The maximum absolute atomic E-state index is 12.1. The molecule has 0 spiro atoms. The van der Waals surface area contributed by atoms with Crippen LogP contribution in [0.2, 0.25) is 0 Å². The van der Waals surface area contributed by atoms with E-state index in [2.05, 4.69) is 5.32 Å². The van der Waals surface area contributed by atoms with E-state index in [0.717, 1.165) is 12.0 Å². The van der Waals surface area contributed by atoms with Crippen LogP contribution in [0.3, 0.4) is 0 Å². The number of amides is 2. The number of carbonyl (C=O) groups is 2. The Balaban J connectivity index is 2.07. The van der Waals surface area contributed by atoms with Crippen molar-refractivity contribution in [1.29, 1.82) is 0 Å². The van der Waals surface area contributed by atoms with Crippen LogP contribution in [0.25, 0.3) is 0 Å². The Morgan fingerprint density at radius 2 is 2.37 bits per heavy atom. The van der Waals surface area contributed by atoms with Gasteiger partial charge in [-0.3, -0.25) is 0 Å². The Hall–Kier alpha value is -1.60. The van der Waals surface area contributed by atoms with Crippen molar-refractivity contribution >= 4 is 23.3 Å². The summed E-state index contributed by atoms with van der Waals surface area (Å²) in [4.78, 5) is 25.7. The van der Waals surface area contributed by atoms with Gasteiger partial charge in [0.1, 0.15) is 0 Å². The number of rotatable bonds is 3. The lowest BCUT2D eigenvalue weighted by molar-refractivity contribution is -0.140. The predicted octanol–water partition coefficient (Wildman–Crippen LogP) is 0.822. The van der Waals surface area contributed by atoms with Crippen LogP contribution in [-0.2, 0) is 11.2 Å². The van der Waals surface area contributed by atoms with E-state index in [1.165, 1.54) is 4.88 Å². The van der Waals surface area contributed by atoms with Crippen LogP contribution in [0.1, 0.15) is 23.4 Å². The highest BCUT2D eigenvalue weighted by Gasteiger charge is 2.30. The Kier molecular flexibility index (Phi) is 4.06. The number of carbonyl (C=O) groups excluding carboxylic acids is 1. The molecule has 0 aliphatic carbocycles. The molecule has 1 aliphatic heterocycles. The maximum Gasteiger partial charge on any atom is 0.328 e. The molecule has 3 N–H and O–H groups in total. The number of thiophene rings is 1. The average Bonchev–Trinajstić information content (AvgIpc) is 2.84. The Labute approximate surface area is 114 Å². The van der Waals surface area contributed by atoms with E-state index >= 15 is 0 Å². The summed E-state index contributed by atoms with van der Waals surface area (Å²) in [7, 11) is 0. The molecule has 2 atom stereocenters. The number of aliphatic hydroxyl groups excluding tert-OH is 1. The fourth-order valence-corrected chi connectivity index (χ4v) is 3.17. The third-order valence-electron chi connectivity index (χ3n) is 3.32. The highest BCUT2D eigenvalue weighted by atomic mass is 32.1. The van der Waals surface area contributed by atoms with Crippen LogP contribution in [0.5, 0.6) is 0 Å². The number of hydrogen-bond donors (Lipinski definition) is 3. The van der Waals surface area contributed by atoms with Crippen molar-refractivity contribution < 1.29 is 19.8 Å². The van der Waals surface area contributed by atoms with Crippen LogP contribution in [-0.4, -0.2) is 46.3 Å². The third-order valence-corrected chi connectivity index (χ3v) is 4.31. The van der Waals surface area contributed by atoms with Gasteiger partial charge in [0.25, 0.3) is 0 Å². The molecule has 7 heteroatoms. The Bertz CT molecular complexity index is 488. The van der Waals surface area contributed by atoms with Crippen LogP contribution in [0.15, 0.2) is 11.4 Å². The molecule has 0 aromatic carbocycles. The summed E-state index contributed by atoms with van der Waals surface area (Å²) >= 11 is 1.67. The first-order valence-electron chi connectivity index (χ1n) is 6.01. The number of nitrogens with zero attached hydrogens (tertiary/aromatic N) is 1. The van der Waals surface area contributed by atoms with Crippen molar-refractivity contribution in [3.05, 3.63) is 21.9 Å². The van der Waals surface area contributed by atoms with E-state index in [0.29, 0.717) is 6.54 Å². The topological polar surface area (TPSA) is 89.9 Å². The summed E-state index contributed by atoms with van der Waals surface area (Å²) in [6.07, 6.45) is 0.779. The quantitative estimate of drug-likeness (QED) is 0.766. The van der Waals surface area contributed by atoms with E-state index < -0.39 is 24.6 Å². The summed E-state index contributed by atoms with van der Waals surface area (Å²) in [5.74, 6) is -1.24. The molecule has 1 aromatic heterocycles. The van der Waals surface area contributed by atoms with E-state index in [1.54, 1.807) is 16.2 Å². The molecule has 1 aromatic rings. The molecule has 0 bridgehead atoms. The van der Waals surface area contributed by atoms with Crippen LogP contribution < -0.4 is 5.32 Å². The van der Waals surface area contributed by atoms with E-state index in [1.807, 2.05) is 18.4 Å². The number of hydrogen-bond acceptors (Lipinski definition) is 4. The molecule has 2 heterocycles. The summed E-state index contributed by atoms with van der Waals surface area (Å²) in [5.41, 5.74) is 1.11. The minimum atomic E-state index is -1.26. The second-order valence-electron chi connectivity index (χ2n) is 4.44. The van der Waals surface area contributed by atoms with Crippen molar-refractivity contribution in [3.63, 3.8) is 0 Å². The molecular formula is C12H16N2O4S. The largest absolute Gasteiger partial charge is 0.480 e. The van der Waals surface area contributed by atoms with Gasteiger partial charge in [-0.2, -0.15) is 0 Å². The fourth-order valence-electron chi connectivity index (χ4n) is 2.20. The zero-order chi connectivity index (χ0) is 14.0. The second-order valence-corrected chi connectivity index (χ2v) is 5.44. The van der Waals surface area contributed by atoms with Crippen molar-refractivity contribution in [2.45, 2.75) is 25.4 Å². The van der Waals surface area contributed by atoms with Gasteiger partial charge in [-0.1, -0.05) is 0 Å². The molecule has 6 nitrogen and oxygen atoms in total. The number of fused-ring (bicyclic) bond motifs is 1. The second kappa shape index (κ2) is 5.58. The minimum absolute atomic E-state index is 0.0804. The summed E-state index contributed by atoms with van der Waals surface area (Å²) in [6.45, 7) is 1.85. The number of carboxylic acids is 1. The Morgan fingerprint density at radius 1 is 1.63 bits per heavy atom. The molecule has 19 heavy (non-hydrogen) atoms. The molecular weight excluding hydrogens is 268 g/mol. The predicted molar refractivity (Wildman–Crippen MR) is 70.2 cm³/mol. The lowest BCUT2D eigenvalue weighted by Gasteiger charge is -2.34. The molecule has 0 radical (unpaired) electrons. The zero-order valence-corrected chi connectivity index (χ0v) is 11.3. The van der Waals surface area contributed by atoms with Gasteiger partial charge in [-0.05, 0) is 30.4 Å². The first-order valence-corrected chi connectivity index (χ1v) is 6.89. The smallest absolute Gasteiger partial charge is 0.328 e. The molecule has 104 valence electrons. The number of urea groups is 1. The molecule has 0 saturated heterocycles. The van der Waals surface area contributed by atoms with Crippen LogP contribution >= 0.6 is 11.3 Å². The van der Waals surface area contributed by atoms with Crippen molar-refractivity contribution in [2.24, 2.45) is 0 Å². The Morgan fingerprint density at radius 3 is 3.00 bits per heavy atom. The number of carboxylic acid groups (broad SMARTS) is 1. The summed E-state index contributed by atoms with van der Waals surface area (Å²) in [5, 5.41) is 22.1. The summed E-state index contributed by atoms with van der Waals surface area (Å²) < 4.78 is 0. The highest BCUT2D eigenvalue weighted by molar-refractivity contribution is 7.10. The first-order chi connectivity index (χ1) is 9.04. The fraction of sp³-hybridized carbons (Fsp3) is 0.500. The van der Waals surface area contributed by atoms with Gasteiger partial charge in [-0.15, -0.1) is 11.3 Å². The van der Waals surface area contributed by atoms with E-state index in [9.17, 15) is 9.59 Å². The maximum atomic E-state index is 12.1. The number of aliphatic carboxylic acids is 1. The third kappa shape index (κ3) is 2.71. The van der Waals surface area contributed by atoms with Crippen molar-refractivity contribution in [2.75, 3.05) is 13.2 Å². The SMILES string of the molecule is CC1c2ccsc2CCN1C(=O)NC(CO)C(=O)O. The normalized spacial score (nSPS) is 19.7. The molecule has 0 fully saturated rings. The van der Waals surface area contributed by atoms with Crippen LogP contribution in [0.4, 0.5) is 4.79 Å². The van der Waals surface area contributed by atoms with Gasteiger partial charge in [0.05, 0.1) is 12.6 Å². The van der Waals surface area contributed by atoms with E-state index in [4.69, 9.17) is 10.2 Å². The molecule has 1 aliphatic rings. The van der Waals surface area contributed by atoms with Crippen LogP contribution in [0, 0.1) is 0 Å². The number of aliphatic hydroxyl groups is 1. The van der Waals surface area contributed by atoms with Gasteiger partial charge in [-0.25, -0.2) is 9.59 Å². The van der Waals surface area contributed by atoms with Gasteiger partial charge in [0, 0.05) is 11.4 Å². The monoisotopic (exact) mass is 284 g/mol. The van der Waals surface area contributed by atoms with Gasteiger partial charge in [0.2, 0.25) is 0 Å². The van der Waals surface area contributed by atoms with Gasteiger partial charge >= 0.3 is 12.0 Å². The first kappa shape index (κ1) is 13.8.